The normalized spacial score (nSPS) is 18.9. The van der Waals surface area contributed by atoms with Gasteiger partial charge in [0, 0.05) is 23.3 Å². The number of hydrogen-bond donors (Lipinski definition) is 4. The predicted octanol–water partition coefficient (Wildman–Crippen LogP) is 2.65. The minimum atomic E-state index is -0.827. The number of aromatic nitrogens is 2. The molecule has 1 saturated carbocycles. The number of Topliss-reactive ketones (excluding diaryl/α,β-unsaturated/α-hetero) is 1. The summed E-state index contributed by atoms with van der Waals surface area (Å²) in [5.74, 6) is -1.59. The number of pyridine rings is 2. The Bertz CT molecular complexity index is 949. The molecule has 2 atom stereocenters. The van der Waals surface area contributed by atoms with E-state index in [-0.39, 0.29) is 35.1 Å². The van der Waals surface area contributed by atoms with Crippen LogP contribution in [0.15, 0.2) is 18.3 Å². The summed E-state index contributed by atoms with van der Waals surface area (Å²) in [6.07, 6.45) is 5.21. The van der Waals surface area contributed by atoms with Gasteiger partial charge < -0.3 is 22.1 Å². The van der Waals surface area contributed by atoms with Gasteiger partial charge in [0.05, 0.1) is 17.4 Å². The van der Waals surface area contributed by atoms with E-state index in [9.17, 15) is 14.0 Å². The summed E-state index contributed by atoms with van der Waals surface area (Å²) in [5.41, 5.74) is 12.9. The average molecular weight is 400 g/mol. The van der Waals surface area contributed by atoms with Gasteiger partial charge in [-0.25, -0.2) is 9.37 Å². The van der Waals surface area contributed by atoms with Crippen LogP contribution in [-0.4, -0.2) is 33.7 Å². The van der Waals surface area contributed by atoms with Crippen LogP contribution < -0.4 is 22.1 Å². The first-order valence-electron chi connectivity index (χ1n) is 9.53. The van der Waals surface area contributed by atoms with E-state index in [2.05, 4.69) is 20.6 Å². The number of primary amides is 1. The van der Waals surface area contributed by atoms with Gasteiger partial charge in [-0.05, 0) is 38.8 Å². The Kier molecular flexibility index (Phi) is 6.07. The van der Waals surface area contributed by atoms with Gasteiger partial charge in [0.2, 0.25) is 0 Å². The lowest BCUT2D eigenvalue weighted by Gasteiger charge is -2.30. The van der Waals surface area contributed by atoms with Crippen LogP contribution in [0.4, 0.5) is 21.7 Å². The lowest BCUT2D eigenvalue weighted by molar-refractivity contribution is 0.0996. The largest absolute Gasteiger partial charge is 0.365 e. The summed E-state index contributed by atoms with van der Waals surface area (Å²) >= 11 is 0. The van der Waals surface area contributed by atoms with Crippen LogP contribution in [0.2, 0.25) is 0 Å². The highest BCUT2D eigenvalue weighted by Gasteiger charge is 2.24. The Balaban J connectivity index is 1.95. The summed E-state index contributed by atoms with van der Waals surface area (Å²) < 4.78 is 14.6. The molecule has 1 amide bonds. The van der Waals surface area contributed by atoms with Gasteiger partial charge in [-0.3, -0.25) is 14.6 Å². The number of nitrogens with two attached hydrogens (primary N) is 2. The zero-order valence-electron chi connectivity index (χ0n) is 16.5. The highest BCUT2D eigenvalue weighted by molar-refractivity contribution is 5.99. The van der Waals surface area contributed by atoms with Crippen molar-refractivity contribution >= 4 is 29.0 Å². The van der Waals surface area contributed by atoms with Crippen LogP contribution in [0, 0.1) is 12.7 Å². The first-order chi connectivity index (χ1) is 13.8. The van der Waals surface area contributed by atoms with E-state index in [1.54, 1.807) is 13.0 Å². The minimum absolute atomic E-state index is 0.00767. The van der Waals surface area contributed by atoms with Crippen LogP contribution in [0.3, 0.4) is 0 Å². The van der Waals surface area contributed by atoms with E-state index in [1.165, 1.54) is 13.1 Å². The summed E-state index contributed by atoms with van der Waals surface area (Å²) in [6.45, 7) is 3.16. The molecule has 0 aliphatic heterocycles. The van der Waals surface area contributed by atoms with E-state index < -0.39 is 11.7 Å². The van der Waals surface area contributed by atoms with Gasteiger partial charge in [-0.15, -0.1) is 0 Å². The predicted molar refractivity (Wildman–Crippen MR) is 109 cm³/mol. The van der Waals surface area contributed by atoms with Crippen molar-refractivity contribution in [2.75, 3.05) is 10.6 Å². The second kappa shape index (κ2) is 8.52. The topological polar surface area (TPSA) is 136 Å². The summed E-state index contributed by atoms with van der Waals surface area (Å²) in [6, 6.07) is 2.44. The smallest absolute Gasteiger partial charge is 0.252 e. The van der Waals surface area contributed by atoms with E-state index in [0.29, 0.717) is 16.9 Å². The molecule has 1 aliphatic rings. The maximum absolute atomic E-state index is 14.6. The maximum Gasteiger partial charge on any atom is 0.252 e. The standard InChI is InChI=1S/C20H25FN6O2/c1-10-13(11(2)28)7-12(9-24-10)25-19-14(18(23)29)8-15(21)20(27-19)26-17-6-4-3-5-16(17)22/h7-9,16-17H,3-6,22H2,1-2H3,(H2,23,29)(H2,25,26,27)/t16-,17+/m0/s1. The number of hydrogen-bond acceptors (Lipinski definition) is 7. The molecule has 0 unspecified atom stereocenters. The lowest BCUT2D eigenvalue weighted by atomic mass is 9.91. The molecule has 0 saturated heterocycles. The molecule has 0 spiro atoms. The fourth-order valence-corrected chi connectivity index (χ4v) is 3.48. The molecule has 9 heteroatoms. The minimum Gasteiger partial charge on any atom is -0.365 e. The van der Waals surface area contributed by atoms with Gasteiger partial charge in [-0.2, -0.15) is 0 Å². The fourth-order valence-electron chi connectivity index (χ4n) is 3.48. The zero-order chi connectivity index (χ0) is 21.1. The molecule has 29 heavy (non-hydrogen) atoms. The van der Waals surface area contributed by atoms with Gasteiger partial charge >= 0.3 is 0 Å². The highest BCUT2D eigenvalue weighted by atomic mass is 19.1. The number of nitrogens with zero attached hydrogens (tertiary/aromatic N) is 2. The maximum atomic E-state index is 14.6. The second-order valence-corrected chi connectivity index (χ2v) is 7.32. The van der Waals surface area contributed by atoms with Crippen LogP contribution in [0.25, 0.3) is 0 Å². The molecule has 0 bridgehead atoms. The molecule has 2 aromatic heterocycles. The molecule has 154 valence electrons. The van der Waals surface area contributed by atoms with E-state index in [1.807, 2.05) is 0 Å². The first kappa shape index (κ1) is 20.7. The Hall–Kier alpha value is -3.07. The number of aryl methyl sites for hydroxylation is 1. The third-order valence-electron chi connectivity index (χ3n) is 5.11. The fraction of sp³-hybridized carbons (Fsp3) is 0.400. The molecule has 1 aliphatic carbocycles. The van der Waals surface area contributed by atoms with Gasteiger partial charge in [0.1, 0.15) is 5.82 Å². The molecule has 0 aromatic carbocycles. The summed E-state index contributed by atoms with van der Waals surface area (Å²) in [5, 5.41) is 5.98. The molecule has 6 N–H and O–H groups in total. The van der Waals surface area contributed by atoms with Crippen molar-refractivity contribution in [3.05, 3.63) is 41.0 Å². The van der Waals surface area contributed by atoms with Crippen LogP contribution >= 0.6 is 0 Å². The molecule has 3 rings (SSSR count). The Morgan fingerprint density at radius 2 is 1.90 bits per heavy atom. The first-order valence-corrected chi connectivity index (χ1v) is 9.53. The average Bonchev–Trinajstić information content (AvgIpc) is 2.67. The van der Waals surface area contributed by atoms with Crippen molar-refractivity contribution in [3.63, 3.8) is 0 Å². The summed E-state index contributed by atoms with van der Waals surface area (Å²) in [4.78, 5) is 32.0. The Morgan fingerprint density at radius 3 is 2.55 bits per heavy atom. The Labute approximate surface area is 168 Å². The summed E-state index contributed by atoms with van der Waals surface area (Å²) in [7, 11) is 0. The number of ketones is 1. The second-order valence-electron chi connectivity index (χ2n) is 7.32. The van der Waals surface area contributed by atoms with Crippen molar-refractivity contribution in [2.24, 2.45) is 11.5 Å². The van der Waals surface area contributed by atoms with Crippen molar-refractivity contribution in [1.82, 2.24) is 9.97 Å². The third-order valence-corrected chi connectivity index (χ3v) is 5.11. The van der Waals surface area contributed by atoms with Crippen LogP contribution in [-0.2, 0) is 0 Å². The van der Waals surface area contributed by atoms with E-state index in [4.69, 9.17) is 11.5 Å². The molecular weight excluding hydrogens is 375 g/mol. The van der Waals surface area contributed by atoms with E-state index in [0.717, 1.165) is 31.7 Å². The SMILES string of the molecule is CC(=O)c1cc(Nc2nc(N[C@@H]3CCCC[C@@H]3N)c(F)cc2C(N)=O)cnc1C. The third kappa shape index (κ3) is 4.68. The molecule has 0 radical (unpaired) electrons. The van der Waals surface area contributed by atoms with Crippen LogP contribution in [0.1, 0.15) is 59.0 Å². The number of amides is 1. The number of rotatable bonds is 6. The number of anilines is 3. The van der Waals surface area contributed by atoms with Crippen molar-refractivity contribution in [3.8, 4) is 0 Å². The van der Waals surface area contributed by atoms with Crippen molar-refractivity contribution in [2.45, 2.75) is 51.6 Å². The number of nitrogens with one attached hydrogen (secondary N) is 2. The molecule has 2 aromatic rings. The van der Waals surface area contributed by atoms with Crippen molar-refractivity contribution in [1.29, 1.82) is 0 Å². The van der Waals surface area contributed by atoms with Gasteiger partial charge in [0.25, 0.3) is 5.91 Å². The number of halogens is 1. The molecule has 1 fully saturated rings. The quantitative estimate of drug-likeness (QED) is 0.547. The van der Waals surface area contributed by atoms with Gasteiger partial charge in [0.15, 0.2) is 17.4 Å². The van der Waals surface area contributed by atoms with Crippen molar-refractivity contribution < 1.29 is 14.0 Å². The van der Waals surface area contributed by atoms with E-state index >= 15 is 0 Å². The monoisotopic (exact) mass is 400 g/mol. The zero-order valence-corrected chi connectivity index (χ0v) is 16.5. The van der Waals surface area contributed by atoms with Gasteiger partial charge in [-0.1, -0.05) is 12.8 Å². The lowest BCUT2D eigenvalue weighted by Crippen LogP contribution is -2.43. The van der Waals surface area contributed by atoms with Crippen LogP contribution in [0.5, 0.6) is 0 Å². The molecule has 2 heterocycles. The highest BCUT2D eigenvalue weighted by Crippen LogP contribution is 2.27. The molecular formula is C20H25FN6O2. The Morgan fingerprint density at radius 1 is 1.17 bits per heavy atom. The number of carbonyl (C=O) groups excluding carboxylic acids is 2. The number of carbonyl (C=O) groups is 2. The molecule has 8 nitrogen and oxygen atoms in total.